The fraction of sp³-hybridized carbons (Fsp3) is 0. The molecule has 12 heavy (non-hydrogen) atoms. The largest absolute Gasteiger partial charge is 0.465 e. The van der Waals surface area contributed by atoms with E-state index in [1.807, 2.05) is 0 Å². The van der Waals surface area contributed by atoms with Crippen LogP contribution in [0.25, 0.3) is 0 Å². The van der Waals surface area contributed by atoms with Crippen LogP contribution in [0.5, 0.6) is 0 Å². The highest BCUT2D eigenvalue weighted by molar-refractivity contribution is 7.14. The van der Waals surface area contributed by atoms with Crippen LogP contribution in [0.15, 0.2) is 17.5 Å². The van der Waals surface area contributed by atoms with E-state index < -0.39 is 12.1 Å². The normalized spacial score (nSPS) is 9.00. The molecule has 0 spiro atoms. The van der Waals surface area contributed by atoms with Crippen LogP contribution in [0.2, 0.25) is 0 Å². The van der Waals surface area contributed by atoms with Gasteiger partial charge in [-0.1, -0.05) is 0 Å². The zero-order valence-electron chi connectivity index (χ0n) is 5.90. The summed E-state index contributed by atoms with van der Waals surface area (Å²) in [4.78, 5) is 20.7. The van der Waals surface area contributed by atoms with Gasteiger partial charge in [0.1, 0.15) is 0 Å². The number of carbonyl (C=O) groups is 2. The molecule has 6 heteroatoms. The van der Waals surface area contributed by atoms with Crippen molar-refractivity contribution in [1.29, 1.82) is 0 Å². The van der Waals surface area contributed by atoms with Gasteiger partial charge in [-0.15, -0.1) is 11.3 Å². The third-order valence-corrected chi connectivity index (χ3v) is 1.76. The number of hydrogen-bond donors (Lipinski definition) is 3. The molecular weight excluding hydrogens is 180 g/mol. The smallest absolute Gasteiger partial charge is 0.412 e. The number of urea groups is 1. The van der Waals surface area contributed by atoms with Crippen LogP contribution in [-0.4, -0.2) is 17.2 Å². The van der Waals surface area contributed by atoms with E-state index in [2.05, 4.69) is 5.32 Å². The van der Waals surface area contributed by atoms with Gasteiger partial charge in [0.15, 0.2) is 0 Å². The second kappa shape index (κ2) is 3.72. The number of thiophene rings is 1. The Morgan fingerprint density at radius 3 is 2.75 bits per heavy atom. The third-order valence-electron chi connectivity index (χ3n) is 0.978. The van der Waals surface area contributed by atoms with E-state index in [0.717, 1.165) is 0 Å². The minimum Gasteiger partial charge on any atom is -0.465 e. The van der Waals surface area contributed by atoms with Crippen LogP contribution in [0.3, 0.4) is 0 Å². The van der Waals surface area contributed by atoms with Crippen LogP contribution in [0, 0.1) is 0 Å². The molecule has 0 saturated heterocycles. The van der Waals surface area contributed by atoms with Crippen LogP contribution in [0.4, 0.5) is 14.6 Å². The van der Waals surface area contributed by atoms with E-state index in [1.54, 1.807) is 22.8 Å². The summed E-state index contributed by atoms with van der Waals surface area (Å²) in [5.74, 6) is 0. The van der Waals surface area contributed by atoms with Crippen LogP contribution in [-0.2, 0) is 0 Å². The van der Waals surface area contributed by atoms with Crippen molar-refractivity contribution in [3.05, 3.63) is 17.5 Å². The first-order valence-electron chi connectivity index (χ1n) is 3.03. The van der Waals surface area contributed by atoms with Gasteiger partial charge in [0, 0.05) is 0 Å². The van der Waals surface area contributed by atoms with Gasteiger partial charge in [-0.3, -0.25) is 5.32 Å². The zero-order chi connectivity index (χ0) is 8.97. The standard InChI is InChI=1S/C6H6N2O3S/c9-5(8-6(10)11)7-4-2-1-3-12-4/h1-3H,(H,10,11)(H2,7,8,9). The summed E-state index contributed by atoms with van der Waals surface area (Å²) < 4.78 is 0. The number of carbonyl (C=O) groups excluding carboxylic acids is 1. The van der Waals surface area contributed by atoms with Gasteiger partial charge in [-0.05, 0) is 17.5 Å². The molecule has 1 rings (SSSR count). The summed E-state index contributed by atoms with van der Waals surface area (Å²) in [6.45, 7) is 0. The molecule has 0 saturated carbocycles. The molecule has 0 unspecified atom stereocenters. The van der Waals surface area contributed by atoms with Crippen molar-refractivity contribution in [1.82, 2.24) is 5.32 Å². The van der Waals surface area contributed by atoms with Crippen LogP contribution < -0.4 is 10.6 Å². The lowest BCUT2D eigenvalue weighted by Crippen LogP contribution is -2.32. The molecule has 0 aliphatic rings. The molecule has 5 nitrogen and oxygen atoms in total. The van der Waals surface area contributed by atoms with Crippen molar-refractivity contribution in [2.45, 2.75) is 0 Å². The fourth-order valence-electron chi connectivity index (χ4n) is 0.590. The third kappa shape index (κ3) is 2.59. The lowest BCUT2D eigenvalue weighted by atomic mass is 10.6. The van der Waals surface area contributed by atoms with E-state index >= 15 is 0 Å². The Morgan fingerprint density at radius 2 is 2.25 bits per heavy atom. The highest BCUT2D eigenvalue weighted by atomic mass is 32.1. The summed E-state index contributed by atoms with van der Waals surface area (Å²) in [6, 6.07) is 2.68. The molecule has 0 radical (unpaired) electrons. The number of rotatable bonds is 1. The molecule has 1 heterocycles. The maximum atomic E-state index is 10.7. The summed E-state index contributed by atoms with van der Waals surface area (Å²) in [5.41, 5.74) is 0. The summed E-state index contributed by atoms with van der Waals surface area (Å²) >= 11 is 1.31. The topological polar surface area (TPSA) is 78.4 Å². The highest BCUT2D eigenvalue weighted by Gasteiger charge is 2.04. The quantitative estimate of drug-likeness (QED) is 0.622. The molecule has 64 valence electrons. The molecule has 0 aliphatic heterocycles. The van der Waals surface area contributed by atoms with E-state index in [1.165, 1.54) is 11.3 Å². The molecule has 0 bridgehead atoms. The van der Waals surface area contributed by atoms with Gasteiger partial charge in [0.25, 0.3) is 0 Å². The summed E-state index contributed by atoms with van der Waals surface area (Å²) in [6.07, 6.45) is -1.37. The van der Waals surface area contributed by atoms with Gasteiger partial charge in [-0.2, -0.15) is 0 Å². The molecule has 3 amide bonds. The number of hydrogen-bond acceptors (Lipinski definition) is 3. The number of carboxylic acid groups (broad SMARTS) is 1. The van der Waals surface area contributed by atoms with Crippen molar-refractivity contribution >= 4 is 28.5 Å². The number of nitrogens with one attached hydrogen (secondary N) is 2. The summed E-state index contributed by atoms with van der Waals surface area (Å²) in [5, 5.41) is 14.5. The van der Waals surface area contributed by atoms with Gasteiger partial charge in [0.2, 0.25) is 0 Å². The van der Waals surface area contributed by atoms with Crippen LogP contribution >= 0.6 is 11.3 Å². The average Bonchev–Trinajstić information content (AvgIpc) is 2.37. The molecule has 0 atom stereocenters. The first kappa shape index (κ1) is 8.54. The van der Waals surface area contributed by atoms with Gasteiger partial charge < -0.3 is 5.11 Å². The lowest BCUT2D eigenvalue weighted by Gasteiger charge is -1.99. The SMILES string of the molecule is O=C(O)NC(=O)Nc1cccs1. The molecule has 0 fully saturated rings. The molecule has 1 aromatic rings. The molecular formula is C6H6N2O3S. The van der Waals surface area contributed by atoms with Crippen molar-refractivity contribution in [3.8, 4) is 0 Å². The van der Waals surface area contributed by atoms with Crippen molar-refractivity contribution in [2.75, 3.05) is 5.32 Å². The van der Waals surface area contributed by atoms with Crippen LogP contribution in [0.1, 0.15) is 0 Å². The Balaban J connectivity index is 2.42. The van der Waals surface area contributed by atoms with E-state index in [-0.39, 0.29) is 0 Å². The number of amides is 3. The minimum absolute atomic E-state index is 0.605. The van der Waals surface area contributed by atoms with Crippen molar-refractivity contribution in [3.63, 3.8) is 0 Å². The Hall–Kier alpha value is -1.56. The van der Waals surface area contributed by atoms with Gasteiger partial charge in [0.05, 0.1) is 5.00 Å². The highest BCUT2D eigenvalue weighted by Crippen LogP contribution is 2.14. The molecule has 1 aromatic heterocycles. The van der Waals surface area contributed by atoms with E-state index in [9.17, 15) is 9.59 Å². The number of imide groups is 1. The van der Waals surface area contributed by atoms with Gasteiger partial charge in [-0.25, -0.2) is 14.9 Å². The maximum Gasteiger partial charge on any atom is 0.412 e. The van der Waals surface area contributed by atoms with E-state index in [4.69, 9.17) is 5.11 Å². The van der Waals surface area contributed by atoms with Gasteiger partial charge >= 0.3 is 12.1 Å². The lowest BCUT2D eigenvalue weighted by molar-refractivity contribution is 0.194. The molecule has 3 N–H and O–H groups in total. The van der Waals surface area contributed by atoms with E-state index in [0.29, 0.717) is 5.00 Å². The Kier molecular flexibility index (Phi) is 2.65. The first-order chi connectivity index (χ1) is 5.68. The minimum atomic E-state index is -1.37. The Morgan fingerprint density at radius 1 is 1.50 bits per heavy atom. The maximum absolute atomic E-state index is 10.7. The first-order valence-corrected chi connectivity index (χ1v) is 3.91. The second-order valence-corrected chi connectivity index (χ2v) is 2.81. The fourth-order valence-corrected chi connectivity index (χ4v) is 1.20. The molecule has 0 aromatic carbocycles. The monoisotopic (exact) mass is 186 g/mol. The second-order valence-electron chi connectivity index (χ2n) is 1.86. The predicted molar refractivity (Wildman–Crippen MR) is 44.5 cm³/mol. The number of anilines is 1. The Labute approximate surface area is 72.0 Å². The molecule has 0 aliphatic carbocycles. The Bertz CT molecular complexity index is 283. The predicted octanol–water partition coefficient (Wildman–Crippen LogP) is 1.55. The average molecular weight is 186 g/mol. The van der Waals surface area contributed by atoms with Crippen molar-refractivity contribution < 1.29 is 14.7 Å². The zero-order valence-corrected chi connectivity index (χ0v) is 6.72. The van der Waals surface area contributed by atoms with Crippen molar-refractivity contribution in [2.24, 2.45) is 0 Å². The summed E-state index contributed by atoms with van der Waals surface area (Å²) in [7, 11) is 0.